The number of ether oxygens (including phenoxy) is 2. The molecule has 0 radical (unpaired) electrons. The van der Waals surface area contributed by atoms with E-state index in [2.05, 4.69) is 17.1 Å². The zero-order valence-corrected chi connectivity index (χ0v) is 19.8. The van der Waals surface area contributed by atoms with Crippen LogP contribution >= 0.6 is 23.7 Å². The Morgan fingerprint density at radius 3 is 2.69 bits per heavy atom. The number of carbonyl (C=O) groups excluding carboxylic acids is 2. The third kappa shape index (κ3) is 5.23. The maximum atomic E-state index is 12.6. The van der Waals surface area contributed by atoms with Gasteiger partial charge in [-0.3, -0.25) is 9.69 Å². The summed E-state index contributed by atoms with van der Waals surface area (Å²) in [6, 6.07) is 13.7. The number of fused-ring (bicyclic) bond motifs is 2. The highest BCUT2D eigenvalue weighted by molar-refractivity contribution is 7.17. The van der Waals surface area contributed by atoms with Gasteiger partial charge in [0.15, 0.2) is 6.61 Å². The first-order valence-corrected chi connectivity index (χ1v) is 11.3. The molecule has 0 spiro atoms. The molecule has 2 heterocycles. The number of halogens is 1. The van der Waals surface area contributed by atoms with Crippen LogP contribution in [-0.2, 0) is 22.5 Å². The van der Waals surface area contributed by atoms with E-state index in [1.54, 1.807) is 0 Å². The van der Waals surface area contributed by atoms with Crippen LogP contribution in [-0.4, -0.2) is 43.6 Å². The standard InChI is InChI=1S/C24H26N2O4S.ClH/c1-3-11-26-12-10-19-20(14-26)31-23(22(19)24(28)29-2)25-21(27)15-30-18-9-8-16-6-4-5-7-17(16)13-18;/h4-9,13H,3,10-12,14-15H2,1-2H3,(H,25,27);1H. The molecule has 0 saturated heterocycles. The summed E-state index contributed by atoms with van der Waals surface area (Å²) in [5.41, 5.74) is 1.48. The van der Waals surface area contributed by atoms with Gasteiger partial charge in [-0.2, -0.15) is 0 Å². The average molecular weight is 475 g/mol. The van der Waals surface area contributed by atoms with Gasteiger partial charge in [0.25, 0.3) is 5.91 Å². The maximum Gasteiger partial charge on any atom is 0.341 e. The number of carbonyl (C=O) groups is 2. The lowest BCUT2D eigenvalue weighted by Crippen LogP contribution is -2.30. The number of thiophene rings is 1. The van der Waals surface area contributed by atoms with Crippen LogP contribution in [0, 0.1) is 0 Å². The minimum Gasteiger partial charge on any atom is -0.484 e. The van der Waals surface area contributed by atoms with Crippen LogP contribution in [0.3, 0.4) is 0 Å². The third-order valence-corrected chi connectivity index (χ3v) is 6.54. The number of nitrogens with zero attached hydrogens (tertiary/aromatic N) is 1. The van der Waals surface area contributed by atoms with Gasteiger partial charge in [-0.15, -0.1) is 23.7 Å². The second-order valence-corrected chi connectivity index (χ2v) is 8.68. The van der Waals surface area contributed by atoms with Crippen LogP contribution in [0.5, 0.6) is 5.75 Å². The van der Waals surface area contributed by atoms with Gasteiger partial charge in [0, 0.05) is 18.0 Å². The molecule has 0 fully saturated rings. The van der Waals surface area contributed by atoms with Crippen LogP contribution in [0.15, 0.2) is 42.5 Å². The van der Waals surface area contributed by atoms with Crippen LogP contribution < -0.4 is 10.1 Å². The van der Waals surface area contributed by atoms with Gasteiger partial charge in [-0.05, 0) is 47.9 Å². The van der Waals surface area contributed by atoms with E-state index in [4.69, 9.17) is 9.47 Å². The molecule has 0 atom stereocenters. The Bertz CT molecular complexity index is 1110. The summed E-state index contributed by atoms with van der Waals surface area (Å²) in [4.78, 5) is 28.5. The Morgan fingerprint density at radius 1 is 1.16 bits per heavy atom. The number of rotatable bonds is 7. The van der Waals surface area contributed by atoms with Crippen LogP contribution in [0.4, 0.5) is 5.00 Å². The number of amides is 1. The van der Waals surface area contributed by atoms with E-state index >= 15 is 0 Å². The fourth-order valence-corrected chi connectivity index (χ4v) is 5.23. The molecule has 0 unspecified atom stereocenters. The SMILES string of the molecule is CCCN1CCc2c(sc(NC(=O)COc3ccc4ccccc4c3)c2C(=O)OC)C1.Cl. The number of hydrogen-bond donors (Lipinski definition) is 1. The van der Waals surface area contributed by atoms with Crippen molar-refractivity contribution in [2.45, 2.75) is 26.3 Å². The molecule has 1 aliphatic heterocycles. The van der Waals surface area contributed by atoms with Gasteiger partial charge in [0.2, 0.25) is 0 Å². The van der Waals surface area contributed by atoms with Gasteiger partial charge in [0.1, 0.15) is 10.8 Å². The lowest BCUT2D eigenvalue weighted by molar-refractivity contribution is -0.118. The third-order valence-electron chi connectivity index (χ3n) is 5.41. The smallest absolute Gasteiger partial charge is 0.341 e. The molecule has 6 nitrogen and oxygen atoms in total. The highest BCUT2D eigenvalue weighted by atomic mass is 35.5. The molecule has 4 rings (SSSR count). The highest BCUT2D eigenvalue weighted by Gasteiger charge is 2.29. The Morgan fingerprint density at radius 2 is 1.94 bits per heavy atom. The van der Waals surface area contributed by atoms with E-state index in [0.717, 1.165) is 53.7 Å². The van der Waals surface area contributed by atoms with Crippen molar-refractivity contribution in [3.63, 3.8) is 0 Å². The van der Waals surface area contributed by atoms with Crippen molar-refractivity contribution < 1.29 is 19.1 Å². The molecule has 170 valence electrons. The molecule has 1 N–H and O–H groups in total. The summed E-state index contributed by atoms with van der Waals surface area (Å²) in [6.07, 6.45) is 1.86. The predicted molar refractivity (Wildman–Crippen MR) is 130 cm³/mol. The number of benzene rings is 2. The van der Waals surface area contributed by atoms with E-state index in [0.29, 0.717) is 16.3 Å². The maximum absolute atomic E-state index is 12.6. The first-order chi connectivity index (χ1) is 15.1. The van der Waals surface area contributed by atoms with E-state index in [1.807, 2.05) is 42.5 Å². The number of esters is 1. The summed E-state index contributed by atoms with van der Waals surface area (Å²) in [5, 5.41) is 5.58. The molecule has 8 heteroatoms. The molecule has 1 amide bonds. The van der Waals surface area contributed by atoms with Gasteiger partial charge in [-0.1, -0.05) is 37.3 Å². The molecule has 1 aliphatic rings. The van der Waals surface area contributed by atoms with Crippen LogP contribution in [0.25, 0.3) is 10.8 Å². The molecular formula is C24H27ClN2O4S. The first kappa shape index (κ1) is 24.0. The largest absolute Gasteiger partial charge is 0.484 e. The van der Waals surface area contributed by atoms with Crippen molar-refractivity contribution in [2.24, 2.45) is 0 Å². The highest BCUT2D eigenvalue weighted by Crippen LogP contribution is 2.37. The van der Waals surface area contributed by atoms with Gasteiger partial charge in [-0.25, -0.2) is 4.79 Å². The van der Waals surface area contributed by atoms with E-state index in [1.165, 1.54) is 18.4 Å². The van der Waals surface area contributed by atoms with Gasteiger partial charge < -0.3 is 14.8 Å². The predicted octanol–water partition coefficient (Wildman–Crippen LogP) is 4.90. The quantitative estimate of drug-likeness (QED) is 0.493. The number of anilines is 1. The zero-order valence-electron chi connectivity index (χ0n) is 18.2. The Hall–Kier alpha value is -2.61. The number of nitrogens with one attached hydrogen (secondary N) is 1. The second kappa shape index (κ2) is 10.8. The van der Waals surface area contributed by atoms with E-state index in [-0.39, 0.29) is 24.9 Å². The van der Waals surface area contributed by atoms with Crippen molar-refractivity contribution in [1.82, 2.24) is 4.90 Å². The number of hydrogen-bond acceptors (Lipinski definition) is 6. The average Bonchev–Trinajstić information content (AvgIpc) is 3.14. The number of methoxy groups -OCH3 is 1. The van der Waals surface area contributed by atoms with Gasteiger partial charge >= 0.3 is 5.97 Å². The van der Waals surface area contributed by atoms with Crippen LogP contribution in [0.2, 0.25) is 0 Å². The molecule has 0 bridgehead atoms. The Labute approximate surface area is 197 Å². The van der Waals surface area contributed by atoms with Crippen molar-refractivity contribution in [3.8, 4) is 5.75 Å². The Kier molecular flexibility index (Phi) is 8.12. The summed E-state index contributed by atoms with van der Waals surface area (Å²) in [7, 11) is 1.37. The zero-order chi connectivity index (χ0) is 21.8. The van der Waals surface area contributed by atoms with Crippen LogP contribution in [0.1, 0.15) is 34.1 Å². The molecular weight excluding hydrogens is 448 g/mol. The van der Waals surface area contributed by atoms with Crippen molar-refractivity contribution >= 4 is 51.4 Å². The lowest BCUT2D eigenvalue weighted by Gasteiger charge is -2.26. The molecule has 0 saturated carbocycles. The molecule has 32 heavy (non-hydrogen) atoms. The molecule has 0 aliphatic carbocycles. The summed E-state index contributed by atoms with van der Waals surface area (Å²) < 4.78 is 10.7. The van der Waals surface area contributed by atoms with Gasteiger partial charge in [0.05, 0.1) is 12.7 Å². The topological polar surface area (TPSA) is 67.9 Å². The lowest BCUT2D eigenvalue weighted by atomic mass is 10.0. The van der Waals surface area contributed by atoms with E-state index < -0.39 is 5.97 Å². The minimum absolute atomic E-state index is 0. The second-order valence-electron chi connectivity index (χ2n) is 7.57. The fourth-order valence-electron chi connectivity index (χ4n) is 3.94. The monoisotopic (exact) mass is 474 g/mol. The molecule has 2 aromatic carbocycles. The molecule has 1 aromatic heterocycles. The van der Waals surface area contributed by atoms with Crippen molar-refractivity contribution in [2.75, 3.05) is 32.1 Å². The first-order valence-electron chi connectivity index (χ1n) is 10.5. The summed E-state index contributed by atoms with van der Waals surface area (Å²) in [5.74, 6) is -0.0859. The summed E-state index contributed by atoms with van der Waals surface area (Å²) >= 11 is 1.46. The molecule has 3 aromatic rings. The minimum atomic E-state index is -0.410. The Balaban J connectivity index is 0.00000289. The summed E-state index contributed by atoms with van der Waals surface area (Å²) in [6.45, 7) is 4.74. The van der Waals surface area contributed by atoms with Crippen molar-refractivity contribution in [1.29, 1.82) is 0 Å². The van der Waals surface area contributed by atoms with E-state index in [9.17, 15) is 9.59 Å². The fraction of sp³-hybridized carbons (Fsp3) is 0.333. The van der Waals surface area contributed by atoms with Crippen molar-refractivity contribution in [3.05, 3.63) is 58.5 Å². The normalized spacial score (nSPS) is 13.2.